The SMILES string of the molecule is CCOc1ccc(OCc2ccc(F)cc2N)cc1. The lowest BCUT2D eigenvalue weighted by Gasteiger charge is -2.09. The third kappa shape index (κ3) is 3.61. The molecular formula is C15H16FNO2. The van der Waals surface area contributed by atoms with Gasteiger partial charge in [-0.3, -0.25) is 0 Å². The zero-order valence-electron chi connectivity index (χ0n) is 10.7. The van der Waals surface area contributed by atoms with E-state index in [1.807, 2.05) is 31.2 Å². The van der Waals surface area contributed by atoms with Crippen LogP contribution < -0.4 is 15.2 Å². The molecule has 100 valence electrons. The van der Waals surface area contributed by atoms with Gasteiger partial charge in [0.2, 0.25) is 0 Å². The molecule has 0 fully saturated rings. The fraction of sp³-hybridized carbons (Fsp3) is 0.200. The Kier molecular flexibility index (Phi) is 4.23. The van der Waals surface area contributed by atoms with Gasteiger partial charge >= 0.3 is 0 Å². The van der Waals surface area contributed by atoms with Crippen molar-refractivity contribution in [2.75, 3.05) is 12.3 Å². The normalized spacial score (nSPS) is 10.2. The van der Waals surface area contributed by atoms with Crippen LogP contribution >= 0.6 is 0 Å². The van der Waals surface area contributed by atoms with Gasteiger partial charge in [0.05, 0.1) is 6.61 Å². The molecule has 0 saturated carbocycles. The monoisotopic (exact) mass is 261 g/mol. The van der Waals surface area contributed by atoms with Gasteiger partial charge in [0.25, 0.3) is 0 Å². The predicted octanol–water partition coefficient (Wildman–Crippen LogP) is 3.39. The van der Waals surface area contributed by atoms with Gasteiger partial charge in [-0.25, -0.2) is 4.39 Å². The number of rotatable bonds is 5. The third-order valence-electron chi connectivity index (χ3n) is 2.64. The van der Waals surface area contributed by atoms with Crippen molar-refractivity contribution in [1.82, 2.24) is 0 Å². The van der Waals surface area contributed by atoms with Gasteiger partial charge in [-0.1, -0.05) is 6.07 Å². The first-order valence-corrected chi connectivity index (χ1v) is 6.08. The van der Waals surface area contributed by atoms with Crippen molar-refractivity contribution in [1.29, 1.82) is 0 Å². The molecule has 2 aromatic rings. The summed E-state index contributed by atoms with van der Waals surface area (Å²) in [5, 5.41) is 0. The van der Waals surface area contributed by atoms with E-state index < -0.39 is 0 Å². The van der Waals surface area contributed by atoms with Crippen molar-refractivity contribution in [3.63, 3.8) is 0 Å². The van der Waals surface area contributed by atoms with E-state index in [9.17, 15) is 4.39 Å². The Morgan fingerprint density at radius 2 is 1.63 bits per heavy atom. The first kappa shape index (κ1) is 13.2. The molecule has 2 aromatic carbocycles. The summed E-state index contributed by atoms with van der Waals surface area (Å²) in [5.41, 5.74) is 6.86. The maximum atomic E-state index is 12.9. The highest BCUT2D eigenvalue weighted by Gasteiger charge is 2.02. The fourth-order valence-corrected chi connectivity index (χ4v) is 1.66. The third-order valence-corrected chi connectivity index (χ3v) is 2.64. The predicted molar refractivity (Wildman–Crippen MR) is 72.8 cm³/mol. The molecule has 0 spiro atoms. The summed E-state index contributed by atoms with van der Waals surface area (Å²) in [6.45, 7) is 2.87. The van der Waals surface area contributed by atoms with Gasteiger partial charge in [0, 0.05) is 11.3 Å². The number of nitrogens with two attached hydrogens (primary N) is 1. The summed E-state index contributed by atoms with van der Waals surface area (Å²) in [7, 11) is 0. The van der Waals surface area contributed by atoms with E-state index in [0.29, 0.717) is 24.7 Å². The summed E-state index contributed by atoms with van der Waals surface area (Å²) in [6.07, 6.45) is 0. The Bertz CT molecular complexity index is 540. The van der Waals surface area contributed by atoms with Crippen molar-refractivity contribution in [2.45, 2.75) is 13.5 Å². The van der Waals surface area contributed by atoms with Crippen LogP contribution in [0.4, 0.5) is 10.1 Å². The molecule has 0 aromatic heterocycles. The lowest BCUT2D eigenvalue weighted by molar-refractivity contribution is 0.304. The number of anilines is 1. The van der Waals surface area contributed by atoms with Crippen LogP contribution in [0.15, 0.2) is 42.5 Å². The lowest BCUT2D eigenvalue weighted by Crippen LogP contribution is -2.00. The van der Waals surface area contributed by atoms with E-state index in [-0.39, 0.29) is 5.82 Å². The molecule has 0 saturated heterocycles. The van der Waals surface area contributed by atoms with Gasteiger partial charge in [0.1, 0.15) is 23.9 Å². The number of ether oxygens (including phenoxy) is 2. The minimum Gasteiger partial charge on any atom is -0.494 e. The smallest absolute Gasteiger partial charge is 0.125 e. The zero-order valence-corrected chi connectivity index (χ0v) is 10.7. The molecule has 0 aliphatic carbocycles. The van der Waals surface area contributed by atoms with E-state index in [0.717, 1.165) is 11.3 Å². The van der Waals surface area contributed by atoms with Crippen LogP contribution in [0.2, 0.25) is 0 Å². The fourth-order valence-electron chi connectivity index (χ4n) is 1.66. The van der Waals surface area contributed by atoms with Crippen LogP contribution in [0.25, 0.3) is 0 Å². The van der Waals surface area contributed by atoms with Gasteiger partial charge in [-0.05, 0) is 43.3 Å². The maximum absolute atomic E-state index is 12.9. The van der Waals surface area contributed by atoms with Gasteiger partial charge in [-0.15, -0.1) is 0 Å². The minimum atomic E-state index is -0.345. The van der Waals surface area contributed by atoms with E-state index >= 15 is 0 Å². The summed E-state index contributed by atoms with van der Waals surface area (Å²) in [4.78, 5) is 0. The number of halogens is 1. The van der Waals surface area contributed by atoms with Gasteiger partial charge in [-0.2, -0.15) is 0 Å². The molecule has 0 amide bonds. The second kappa shape index (κ2) is 6.09. The van der Waals surface area contributed by atoms with Crippen LogP contribution in [0, 0.1) is 5.82 Å². The summed E-state index contributed by atoms with van der Waals surface area (Å²) in [6, 6.07) is 11.6. The van der Waals surface area contributed by atoms with E-state index in [2.05, 4.69) is 0 Å². The summed E-state index contributed by atoms with van der Waals surface area (Å²) >= 11 is 0. The molecule has 0 aliphatic heterocycles. The van der Waals surface area contributed by atoms with Crippen molar-refractivity contribution < 1.29 is 13.9 Å². The average molecular weight is 261 g/mol. The molecule has 0 atom stereocenters. The molecule has 4 heteroatoms. The van der Waals surface area contributed by atoms with Crippen molar-refractivity contribution in [3.05, 3.63) is 53.8 Å². The molecule has 0 radical (unpaired) electrons. The van der Waals surface area contributed by atoms with Crippen LogP contribution in [0.3, 0.4) is 0 Å². The number of hydrogen-bond acceptors (Lipinski definition) is 3. The second-order valence-electron chi connectivity index (χ2n) is 4.04. The van der Waals surface area contributed by atoms with Crippen molar-refractivity contribution in [3.8, 4) is 11.5 Å². The Morgan fingerprint density at radius 1 is 1.00 bits per heavy atom. The van der Waals surface area contributed by atoms with Crippen molar-refractivity contribution in [2.24, 2.45) is 0 Å². The molecule has 0 heterocycles. The Balaban J connectivity index is 1.98. The van der Waals surface area contributed by atoms with Crippen LogP contribution in [0.1, 0.15) is 12.5 Å². The zero-order chi connectivity index (χ0) is 13.7. The van der Waals surface area contributed by atoms with Crippen LogP contribution in [0.5, 0.6) is 11.5 Å². The lowest BCUT2D eigenvalue weighted by atomic mass is 10.2. The quantitative estimate of drug-likeness (QED) is 0.839. The molecule has 19 heavy (non-hydrogen) atoms. The molecular weight excluding hydrogens is 245 g/mol. The van der Waals surface area contributed by atoms with E-state index in [4.69, 9.17) is 15.2 Å². The summed E-state index contributed by atoms with van der Waals surface area (Å²) in [5.74, 6) is 1.17. The van der Waals surface area contributed by atoms with Crippen LogP contribution in [-0.4, -0.2) is 6.61 Å². The number of benzene rings is 2. The van der Waals surface area contributed by atoms with Crippen LogP contribution in [-0.2, 0) is 6.61 Å². The average Bonchev–Trinajstić information content (AvgIpc) is 2.40. The first-order valence-electron chi connectivity index (χ1n) is 6.08. The Labute approximate surface area is 111 Å². The topological polar surface area (TPSA) is 44.5 Å². The molecule has 3 nitrogen and oxygen atoms in total. The van der Waals surface area contributed by atoms with E-state index in [1.165, 1.54) is 12.1 Å². The summed E-state index contributed by atoms with van der Waals surface area (Å²) < 4.78 is 23.8. The van der Waals surface area contributed by atoms with Crippen molar-refractivity contribution >= 4 is 5.69 Å². The minimum absolute atomic E-state index is 0.306. The molecule has 0 aliphatic rings. The standard InChI is InChI=1S/C15H16FNO2/c1-2-18-13-5-7-14(8-6-13)19-10-11-3-4-12(16)9-15(11)17/h3-9H,2,10,17H2,1H3. The highest BCUT2D eigenvalue weighted by atomic mass is 19.1. The Morgan fingerprint density at radius 3 is 2.21 bits per heavy atom. The molecule has 2 N–H and O–H groups in total. The molecule has 0 bridgehead atoms. The number of hydrogen-bond donors (Lipinski definition) is 1. The second-order valence-corrected chi connectivity index (χ2v) is 4.04. The van der Waals surface area contributed by atoms with Gasteiger partial charge < -0.3 is 15.2 Å². The largest absolute Gasteiger partial charge is 0.494 e. The maximum Gasteiger partial charge on any atom is 0.125 e. The molecule has 2 rings (SSSR count). The highest BCUT2D eigenvalue weighted by molar-refractivity contribution is 5.46. The highest BCUT2D eigenvalue weighted by Crippen LogP contribution is 2.20. The number of nitrogen functional groups attached to an aromatic ring is 1. The Hall–Kier alpha value is -2.23. The molecule has 0 unspecified atom stereocenters. The first-order chi connectivity index (χ1) is 9.19. The van der Waals surface area contributed by atoms with Gasteiger partial charge in [0.15, 0.2) is 0 Å². The van der Waals surface area contributed by atoms with E-state index in [1.54, 1.807) is 6.07 Å².